The standard InChI is InChI=1S/C5H12NO2PS/c1-5(2,10)4(6)3-9(7)8/h4H,3,6H2,1-2H3,(H-,7,8,10)/p+1. The average Bonchev–Trinajstić information content (AvgIpc) is 1.60. The molecule has 3 nitrogen and oxygen atoms in total. The summed E-state index contributed by atoms with van der Waals surface area (Å²) >= 11 is 4.16. The molecule has 0 aliphatic heterocycles. The second-order valence-corrected chi connectivity index (χ2v) is 5.02. The molecule has 2 unspecified atom stereocenters. The van der Waals surface area contributed by atoms with Crippen molar-refractivity contribution in [1.82, 2.24) is 0 Å². The van der Waals surface area contributed by atoms with Gasteiger partial charge in [0.1, 0.15) is 0 Å². The third kappa shape index (κ3) is 4.23. The van der Waals surface area contributed by atoms with Gasteiger partial charge in [0.25, 0.3) is 0 Å². The molecule has 0 saturated carbocycles. The summed E-state index contributed by atoms with van der Waals surface area (Å²) in [6.07, 6.45) is 0.117. The molecule has 0 saturated heterocycles. The molecule has 0 aromatic carbocycles. The number of nitrogens with two attached hydrogens (primary N) is 1. The number of rotatable bonds is 3. The molecule has 0 rings (SSSR count). The molecular formula is C5H13NO2PS+. The van der Waals surface area contributed by atoms with Crippen LogP contribution in [0.25, 0.3) is 0 Å². The van der Waals surface area contributed by atoms with Crippen LogP contribution in [0.2, 0.25) is 0 Å². The van der Waals surface area contributed by atoms with Gasteiger partial charge in [0, 0.05) is 4.75 Å². The van der Waals surface area contributed by atoms with E-state index < -0.39 is 8.03 Å². The Hall–Kier alpha value is 0.370. The molecule has 0 aromatic rings. The Kier molecular flexibility index (Phi) is 3.81. The van der Waals surface area contributed by atoms with E-state index in [4.69, 9.17) is 10.6 Å². The Morgan fingerprint density at radius 1 is 1.80 bits per heavy atom. The number of hydrogen-bond donors (Lipinski definition) is 3. The molecule has 2 atom stereocenters. The third-order valence-corrected chi connectivity index (χ3v) is 2.30. The van der Waals surface area contributed by atoms with E-state index in [1.165, 1.54) is 0 Å². The van der Waals surface area contributed by atoms with Crippen molar-refractivity contribution in [2.75, 3.05) is 6.16 Å². The quantitative estimate of drug-likeness (QED) is 0.446. The minimum atomic E-state index is -2.13. The van der Waals surface area contributed by atoms with E-state index in [2.05, 4.69) is 12.6 Å². The summed E-state index contributed by atoms with van der Waals surface area (Å²) in [6, 6.07) is -0.329. The van der Waals surface area contributed by atoms with Crippen molar-refractivity contribution >= 4 is 20.7 Å². The van der Waals surface area contributed by atoms with E-state index in [0.717, 1.165) is 0 Å². The first kappa shape index (κ1) is 10.4. The Morgan fingerprint density at radius 2 is 2.20 bits per heavy atom. The molecule has 3 N–H and O–H groups in total. The first-order valence-corrected chi connectivity index (χ1v) is 4.80. The van der Waals surface area contributed by atoms with Gasteiger partial charge in [-0.15, -0.1) is 0 Å². The minimum absolute atomic E-state index is 0.117. The molecular weight excluding hydrogens is 169 g/mol. The number of thiol groups is 1. The Balaban J connectivity index is 3.85. The normalized spacial score (nSPS) is 16.7. The van der Waals surface area contributed by atoms with E-state index in [-0.39, 0.29) is 17.0 Å². The van der Waals surface area contributed by atoms with Crippen LogP contribution in [0, 0.1) is 0 Å². The predicted octanol–water partition coefficient (Wildman–Crippen LogP) is 0.757. The van der Waals surface area contributed by atoms with E-state index in [0.29, 0.717) is 0 Å². The second kappa shape index (κ2) is 3.67. The van der Waals surface area contributed by atoms with Gasteiger partial charge >= 0.3 is 8.03 Å². The van der Waals surface area contributed by atoms with Gasteiger partial charge in [0.15, 0.2) is 6.16 Å². The molecule has 60 valence electrons. The summed E-state index contributed by atoms with van der Waals surface area (Å²) in [7, 11) is -2.13. The van der Waals surface area contributed by atoms with E-state index in [9.17, 15) is 4.57 Å². The highest BCUT2D eigenvalue weighted by molar-refractivity contribution is 7.81. The van der Waals surface area contributed by atoms with E-state index in [1.807, 2.05) is 13.8 Å². The molecule has 10 heavy (non-hydrogen) atoms. The van der Waals surface area contributed by atoms with Crippen molar-refractivity contribution in [2.24, 2.45) is 5.73 Å². The van der Waals surface area contributed by atoms with Crippen molar-refractivity contribution in [3.05, 3.63) is 0 Å². The highest BCUT2D eigenvalue weighted by atomic mass is 32.1. The van der Waals surface area contributed by atoms with Crippen LogP contribution in [0.3, 0.4) is 0 Å². The molecule has 0 amide bonds. The predicted molar refractivity (Wildman–Crippen MR) is 45.7 cm³/mol. The topological polar surface area (TPSA) is 63.3 Å². The van der Waals surface area contributed by atoms with Gasteiger partial charge in [-0.1, -0.05) is 0 Å². The summed E-state index contributed by atoms with van der Waals surface area (Å²) in [4.78, 5) is 8.48. The van der Waals surface area contributed by atoms with Crippen molar-refractivity contribution in [1.29, 1.82) is 0 Å². The van der Waals surface area contributed by atoms with Crippen LogP contribution >= 0.6 is 20.7 Å². The lowest BCUT2D eigenvalue weighted by Crippen LogP contribution is -2.40. The van der Waals surface area contributed by atoms with Gasteiger partial charge in [-0.2, -0.15) is 17.5 Å². The van der Waals surface area contributed by atoms with Crippen LogP contribution in [0.5, 0.6) is 0 Å². The smallest absolute Gasteiger partial charge is 0.323 e. The molecule has 5 heteroatoms. The van der Waals surface area contributed by atoms with Crippen LogP contribution in [0.1, 0.15) is 13.8 Å². The summed E-state index contributed by atoms with van der Waals surface area (Å²) in [6.45, 7) is 3.64. The first-order chi connectivity index (χ1) is 4.34. The SMILES string of the molecule is CC(C)(S)C(N)C[P+](=O)O. The minimum Gasteiger partial charge on any atom is -0.323 e. The fourth-order valence-electron chi connectivity index (χ4n) is 0.392. The maximum atomic E-state index is 10.3. The summed E-state index contributed by atoms with van der Waals surface area (Å²) < 4.78 is 9.91. The monoisotopic (exact) mass is 182 g/mol. The Bertz CT molecular complexity index is 134. The van der Waals surface area contributed by atoms with Gasteiger partial charge in [-0.05, 0) is 18.4 Å². The average molecular weight is 182 g/mol. The molecule has 0 aliphatic carbocycles. The van der Waals surface area contributed by atoms with Crippen molar-refractivity contribution in [3.8, 4) is 0 Å². The Labute approximate surface area is 67.3 Å². The maximum Gasteiger partial charge on any atom is 0.507 e. The van der Waals surface area contributed by atoms with Crippen LogP contribution in [0.15, 0.2) is 0 Å². The lowest BCUT2D eigenvalue weighted by Gasteiger charge is -2.21. The fraction of sp³-hybridized carbons (Fsp3) is 1.00. The molecule has 0 aliphatic rings. The Morgan fingerprint density at radius 3 is 2.30 bits per heavy atom. The number of hydrogen-bond acceptors (Lipinski definition) is 3. The molecule has 0 spiro atoms. The maximum absolute atomic E-state index is 10.3. The van der Waals surface area contributed by atoms with Gasteiger partial charge in [-0.3, -0.25) is 0 Å². The zero-order chi connectivity index (χ0) is 8.36. The molecule has 0 fully saturated rings. The first-order valence-electron chi connectivity index (χ1n) is 2.95. The lowest BCUT2D eigenvalue weighted by atomic mass is 10.1. The molecule has 0 heterocycles. The summed E-state index contributed by atoms with van der Waals surface area (Å²) in [5.41, 5.74) is 5.53. The molecule has 0 aromatic heterocycles. The zero-order valence-electron chi connectivity index (χ0n) is 6.11. The van der Waals surface area contributed by atoms with Crippen LogP contribution in [-0.4, -0.2) is 21.8 Å². The fourth-order valence-corrected chi connectivity index (χ4v) is 1.42. The van der Waals surface area contributed by atoms with Crippen molar-refractivity contribution in [3.63, 3.8) is 0 Å². The van der Waals surface area contributed by atoms with E-state index >= 15 is 0 Å². The van der Waals surface area contributed by atoms with Crippen LogP contribution in [0.4, 0.5) is 0 Å². The highest BCUT2D eigenvalue weighted by Crippen LogP contribution is 2.23. The lowest BCUT2D eigenvalue weighted by molar-refractivity contribution is 0.486. The summed E-state index contributed by atoms with van der Waals surface area (Å²) in [5.74, 6) is 0. The van der Waals surface area contributed by atoms with E-state index in [1.54, 1.807) is 0 Å². The van der Waals surface area contributed by atoms with Crippen LogP contribution in [-0.2, 0) is 4.57 Å². The van der Waals surface area contributed by atoms with Gasteiger partial charge in [0.2, 0.25) is 0 Å². The molecule has 0 bridgehead atoms. The third-order valence-electron chi connectivity index (χ3n) is 1.26. The largest absolute Gasteiger partial charge is 0.507 e. The van der Waals surface area contributed by atoms with Crippen LogP contribution < -0.4 is 5.73 Å². The highest BCUT2D eigenvalue weighted by Gasteiger charge is 2.29. The van der Waals surface area contributed by atoms with Gasteiger partial charge in [-0.25, -0.2) is 0 Å². The van der Waals surface area contributed by atoms with Gasteiger partial charge in [0.05, 0.1) is 6.04 Å². The summed E-state index contributed by atoms with van der Waals surface area (Å²) in [5, 5.41) is 0. The van der Waals surface area contributed by atoms with Crippen molar-refractivity contribution in [2.45, 2.75) is 24.6 Å². The second-order valence-electron chi connectivity index (χ2n) is 2.79. The molecule has 0 radical (unpaired) electrons. The zero-order valence-corrected chi connectivity index (χ0v) is 7.90. The van der Waals surface area contributed by atoms with Gasteiger partial charge < -0.3 is 5.73 Å². The van der Waals surface area contributed by atoms with Crippen molar-refractivity contribution < 1.29 is 9.46 Å².